The van der Waals surface area contributed by atoms with E-state index in [0.29, 0.717) is 43.6 Å². The van der Waals surface area contributed by atoms with E-state index in [2.05, 4.69) is 0 Å². The summed E-state index contributed by atoms with van der Waals surface area (Å²) in [4.78, 5) is 14.2. The Morgan fingerprint density at radius 1 is 0.968 bits per heavy atom. The van der Waals surface area contributed by atoms with Crippen LogP contribution in [-0.4, -0.2) is 74.6 Å². The molecule has 0 bridgehead atoms. The fraction of sp³-hybridized carbons (Fsp3) is 0.381. The highest BCUT2D eigenvalue weighted by molar-refractivity contribution is 7.89. The Balaban J connectivity index is 1.29. The summed E-state index contributed by atoms with van der Waals surface area (Å²) in [5, 5.41) is 9.27. The summed E-state index contributed by atoms with van der Waals surface area (Å²) in [6, 6.07) is 10.9. The summed E-state index contributed by atoms with van der Waals surface area (Å²) in [5.41, 5.74) is 0. The zero-order valence-corrected chi connectivity index (χ0v) is 17.7. The van der Waals surface area contributed by atoms with Crippen molar-refractivity contribution < 1.29 is 32.5 Å². The molecule has 0 spiro atoms. The number of fused-ring (bicyclic) bond motifs is 1. The Hall–Kier alpha value is -2.98. The molecule has 2 heterocycles. The van der Waals surface area contributed by atoms with Crippen LogP contribution >= 0.6 is 0 Å². The highest BCUT2D eigenvalue weighted by Crippen LogP contribution is 2.33. The van der Waals surface area contributed by atoms with Crippen molar-refractivity contribution in [1.82, 2.24) is 9.21 Å². The molecule has 2 aliphatic rings. The smallest absolute Gasteiger partial charge is 0.243 e. The molecule has 4 rings (SSSR count). The molecule has 1 amide bonds. The Labute approximate surface area is 180 Å². The first-order valence-electron chi connectivity index (χ1n) is 10.0. The van der Waals surface area contributed by atoms with E-state index in [1.165, 1.54) is 28.6 Å². The molecule has 0 saturated carbocycles. The molecule has 0 aromatic heterocycles. The Bertz CT molecular complexity index is 1030. The molecule has 0 aliphatic carbocycles. The number of aromatic hydroxyl groups is 1. The number of phenols is 1. The van der Waals surface area contributed by atoms with Crippen molar-refractivity contribution in [2.24, 2.45) is 0 Å². The van der Waals surface area contributed by atoms with Crippen LogP contribution in [0.3, 0.4) is 0 Å². The average molecular weight is 448 g/mol. The molecule has 10 heteroatoms. The second kappa shape index (κ2) is 9.03. The highest BCUT2D eigenvalue weighted by Gasteiger charge is 2.31. The predicted molar refractivity (Wildman–Crippen MR) is 111 cm³/mol. The van der Waals surface area contributed by atoms with Crippen molar-refractivity contribution in [3.05, 3.63) is 42.5 Å². The van der Waals surface area contributed by atoms with Crippen molar-refractivity contribution in [3.8, 4) is 23.0 Å². The van der Waals surface area contributed by atoms with Gasteiger partial charge in [0.25, 0.3) is 0 Å². The number of rotatable bonds is 6. The number of amides is 1. The SMILES string of the molecule is O=C(CCOc1ccc(O)cc1)N1CCN(S(=O)(=O)c2ccc3c(c2)OCCO3)CC1. The van der Waals surface area contributed by atoms with Gasteiger partial charge in [0.05, 0.1) is 17.9 Å². The van der Waals surface area contributed by atoms with E-state index in [4.69, 9.17) is 14.2 Å². The van der Waals surface area contributed by atoms with E-state index in [9.17, 15) is 18.3 Å². The largest absolute Gasteiger partial charge is 0.508 e. The third-order valence-electron chi connectivity index (χ3n) is 5.16. The van der Waals surface area contributed by atoms with Gasteiger partial charge in [-0.3, -0.25) is 4.79 Å². The summed E-state index contributed by atoms with van der Waals surface area (Å²) in [5.74, 6) is 1.59. The van der Waals surface area contributed by atoms with Crippen LogP contribution in [-0.2, 0) is 14.8 Å². The van der Waals surface area contributed by atoms with Crippen LogP contribution in [0.5, 0.6) is 23.0 Å². The summed E-state index contributed by atoms with van der Waals surface area (Å²) in [6.45, 7) is 2.12. The summed E-state index contributed by atoms with van der Waals surface area (Å²) in [7, 11) is -3.69. The van der Waals surface area contributed by atoms with Crippen molar-refractivity contribution in [3.63, 3.8) is 0 Å². The predicted octanol–water partition coefficient (Wildman–Crippen LogP) is 1.47. The van der Waals surface area contributed by atoms with Gasteiger partial charge in [0, 0.05) is 32.2 Å². The zero-order valence-electron chi connectivity index (χ0n) is 16.9. The van der Waals surface area contributed by atoms with E-state index in [-0.39, 0.29) is 42.7 Å². The van der Waals surface area contributed by atoms with Gasteiger partial charge in [-0.2, -0.15) is 4.31 Å². The highest BCUT2D eigenvalue weighted by atomic mass is 32.2. The van der Waals surface area contributed by atoms with Gasteiger partial charge in [-0.1, -0.05) is 0 Å². The first-order chi connectivity index (χ1) is 14.9. The topological polar surface area (TPSA) is 106 Å². The molecule has 0 unspecified atom stereocenters. The van der Waals surface area contributed by atoms with E-state index >= 15 is 0 Å². The molecule has 0 radical (unpaired) electrons. The molecule has 31 heavy (non-hydrogen) atoms. The van der Waals surface area contributed by atoms with Crippen molar-refractivity contribution in [1.29, 1.82) is 0 Å². The summed E-state index contributed by atoms with van der Waals surface area (Å²) in [6.07, 6.45) is 0.190. The molecular weight excluding hydrogens is 424 g/mol. The standard InChI is InChI=1S/C21H24N2O7S/c24-16-1-3-17(4-2-16)28-12-7-21(25)22-8-10-23(11-9-22)31(26,27)18-5-6-19-20(15-18)30-14-13-29-19/h1-6,15,24H,7-14H2. The Morgan fingerprint density at radius 2 is 1.65 bits per heavy atom. The number of piperazine rings is 1. The van der Waals surface area contributed by atoms with Gasteiger partial charge in [-0.25, -0.2) is 8.42 Å². The molecule has 166 valence electrons. The van der Waals surface area contributed by atoms with Crippen molar-refractivity contribution >= 4 is 15.9 Å². The van der Waals surface area contributed by atoms with Crippen LogP contribution in [0.25, 0.3) is 0 Å². The number of carbonyl (C=O) groups excluding carboxylic acids is 1. The number of ether oxygens (including phenoxy) is 3. The fourth-order valence-corrected chi connectivity index (χ4v) is 4.91. The molecule has 2 aromatic carbocycles. The van der Waals surface area contributed by atoms with Gasteiger partial charge in [0.1, 0.15) is 24.7 Å². The maximum absolute atomic E-state index is 13.0. The van der Waals surface area contributed by atoms with Crippen molar-refractivity contribution in [2.45, 2.75) is 11.3 Å². The number of benzene rings is 2. The lowest BCUT2D eigenvalue weighted by Gasteiger charge is -2.34. The third kappa shape index (κ3) is 4.86. The lowest BCUT2D eigenvalue weighted by Crippen LogP contribution is -2.50. The molecule has 2 aliphatic heterocycles. The van der Waals surface area contributed by atoms with E-state index in [1.54, 1.807) is 23.1 Å². The van der Waals surface area contributed by atoms with Crippen LogP contribution in [0.15, 0.2) is 47.4 Å². The quantitative estimate of drug-likeness (QED) is 0.713. The van der Waals surface area contributed by atoms with Crippen LogP contribution in [0.2, 0.25) is 0 Å². The molecule has 9 nitrogen and oxygen atoms in total. The monoisotopic (exact) mass is 448 g/mol. The van der Waals surface area contributed by atoms with Crippen molar-refractivity contribution in [2.75, 3.05) is 46.0 Å². The van der Waals surface area contributed by atoms with Crippen LogP contribution < -0.4 is 14.2 Å². The third-order valence-corrected chi connectivity index (χ3v) is 7.06. The molecule has 0 atom stereocenters. The number of hydrogen-bond acceptors (Lipinski definition) is 7. The van der Waals surface area contributed by atoms with Gasteiger partial charge in [-0.15, -0.1) is 0 Å². The second-order valence-electron chi connectivity index (χ2n) is 7.18. The Morgan fingerprint density at radius 3 is 2.35 bits per heavy atom. The van der Waals surface area contributed by atoms with E-state index in [0.717, 1.165) is 0 Å². The Kier molecular flexibility index (Phi) is 6.19. The first-order valence-corrected chi connectivity index (χ1v) is 11.5. The normalized spacial score (nSPS) is 16.7. The first kappa shape index (κ1) is 21.3. The van der Waals surface area contributed by atoms with Gasteiger partial charge in [-0.05, 0) is 36.4 Å². The van der Waals surface area contributed by atoms with Gasteiger partial charge in [0.2, 0.25) is 15.9 Å². The van der Waals surface area contributed by atoms with Gasteiger partial charge < -0.3 is 24.2 Å². The fourth-order valence-electron chi connectivity index (χ4n) is 3.47. The number of sulfonamides is 1. The minimum Gasteiger partial charge on any atom is -0.508 e. The number of phenolic OH excluding ortho intramolecular Hbond substituents is 1. The van der Waals surface area contributed by atoms with Gasteiger partial charge in [0.15, 0.2) is 11.5 Å². The van der Waals surface area contributed by atoms with Crippen LogP contribution in [0, 0.1) is 0 Å². The maximum Gasteiger partial charge on any atom is 0.243 e. The molecular formula is C21H24N2O7S. The lowest BCUT2D eigenvalue weighted by molar-refractivity contribution is -0.132. The molecule has 1 fully saturated rings. The summed E-state index contributed by atoms with van der Waals surface area (Å²) >= 11 is 0. The molecule has 2 aromatic rings. The average Bonchev–Trinajstić information content (AvgIpc) is 2.80. The van der Waals surface area contributed by atoms with E-state index < -0.39 is 10.0 Å². The second-order valence-corrected chi connectivity index (χ2v) is 9.12. The lowest BCUT2D eigenvalue weighted by atomic mass is 10.3. The zero-order chi connectivity index (χ0) is 21.8. The molecule has 1 N–H and O–H groups in total. The minimum absolute atomic E-state index is 0.0878. The molecule has 1 saturated heterocycles. The number of nitrogens with zero attached hydrogens (tertiary/aromatic N) is 2. The minimum atomic E-state index is -3.69. The maximum atomic E-state index is 13.0. The van der Waals surface area contributed by atoms with Crippen LogP contribution in [0.1, 0.15) is 6.42 Å². The van der Waals surface area contributed by atoms with Gasteiger partial charge >= 0.3 is 0 Å². The number of carbonyl (C=O) groups is 1. The van der Waals surface area contributed by atoms with Crippen LogP contribution in [0.4, 0.5) is 0 Å². The van der Waals surface area contributed by atoms with E-state index in [1.807, 2.05) is 0 Å². The number of hydrogen-bond donors (Lipinski definition) is 1. The summed E-state index contributed by atoms with van der Waals surface area (Å²) < 4.78 is 43.8.